The number of hydrogen-bond donors (Lipinski definition) is 3. The summed E-state index contributed by atoms with van der Waals surface area (Å²) < 4.78 is 0. The molecular formula is C21H26N4O. The largest absolute Gasteiger partial charge is 0.361 e. The topological polar surface area (TPSA) is 60.2 Å². The summed E-state index contributed by atoms with van der Waals surface area (Å²) >= 11 is 0. The molecule has 2 amide bonds. The fraction of sp³-hybridized carbons (Fsp3) is 0.286. The summed E-state index contributed by atoms with van der Waals surface area (Å²) in [6.45, 7) is 2.61. The number of fused-ring (bicyclic) bond motifs is 1. The average Bonchev–Trinajstić information content (AvgIpc) is 3.07. The number of hydrogen-bond acceptors (Lipinski definition) is 2. The molecule has 1 heterocycles. The van der Waals surface area contributed by atoms with Gasteiger partial charge in [0.05, 0.1) is 0 Å². The Hall–Kier alpha value is -2.79. The van der Waals surface area contributed by atoms with Gasteiger partial charge in [-0.15, -0.1) is 0 Å². The molecule has 0 saturated heterocycles. The number of anilines is 1. The Balaban J connectivity index is 1.33. The molecule has 0 fully saturated rings. The molecule has 0 atom stereocenters. The van der Waals surface area contributed by atoms with Crippen molar-refractivity contribution in [2.24, 2.45) is 0 Å². The third kappa shape index (κ3) is 5.10. The van der Waals surface area contributed by atoms with E-state index in [-0.39, 0.29) is 6.03 Å². The number of para-hydroxylation sites is 2. The number of urea groups is 1. The summed E-state index contributed by atoms with van der Waals surface area (Å²) in [6, 6.07) is 17.7. The van der Waals surface area contributed by atoms with Gasteiger partial charge in [-0.05, 0) is 50.2 Å². The number of carbonyl (C=O) groups is 1. The van der Waals surface area contributed by atoms with Crippen LogP contribution in [-0.2, 0) is 6.42 Å². The minimum Gasteiger partial charge on any atom is -0.361 e. The van der Waals surface area contributed by atoms with Crippen LogP contribution in [0.15, 0.2) is 60.8 Å². The summed E-state index contributed by atoms with van der Waals surface area (Å²) in [6.07, 6.45) is 4.04. The fourth-order valence-corrected chi connectivity index (χ4v) is 3.01. The first-order chi connectivity index (χ1) is 12.7. The second-order valence-electron chi connectivity index (χ2n) is 6.51. The predicted molar refractivity (Wildman–Crippen MR) is 108 cm³/mol. The molecule has 5 heteroatoms. The maximum Gasteiger partial charge on any atom is 0.319 e. The molecule has 5 nitrogen and oxygen atoms in total. The molecule has 2 aromatic carbocycles. The Bertz CT molecular complexity index is 828. The Morgan fingerprint density at radius 1 is 1.04 bits per heavy atom. The summed E-state index contributed by atoms with van der Waals surface area (Å²) in [7, 11) is 2.12. The first-order valence-corrected chi connectivity index (χ1v) is 9.06. The average molecular weight is 350 g/mol. The number of amides is 2. The maximum absolute atomic E-state index is 11.8. The normalized spacial score (nSPS) is 11.0. The molecule has 0 aliphatic heterocycles. The van der Waals surface area contributed by atoms with Crippen LogP contribution in [0.4, 0.5) is 10.5 Å². The van der Waals surface area contributed by atoms with E-state index in [0.717, 1.165) is 31.6 Å². The lowest BCUT2D eigenvalue weighted by atomic mass is 10.1. The summed E-state index contributed by atoms with van der Waals surface area (Å²) in [4.78, 5) is 17.5. The zero-order valence-electron chi connectivity index (χ0n) is 15.2. The van der Waals surface area contributed by atoms with Crippen LogP contribution < -0.4 is 10.6 Å². The van der Waals surface area contributed by atoms with E-state index in [1.807, 2.05) is 30.3 Å². The first kappa shape index (κ1) is 18.0. The van der Waals surface area contributed by atoms with Gasteiger partial charge in [-0.25, -0.2) is 4.79 Å². The van der Waals surface area contributed by atoms with Gasteiger partial charge in [0.1, 0.15) is 0 Å². The van der Waals surface area contributed by atoms with Crippen molar-refractivity contribution in [2.75, 3.05) is 32.0 Å². The molecule has 0 bridgehead atoms. The van der Waals surface area contributed by atoms with E-state index in [2.05, 4.69) is 58.0 Å². The van der Waals surface area contributed by atoms with Gasteiger partial charge in [-0.1, -0.05) is 36.4 Å². The molecule has 0 aliphatic carbocycles. The number of nitrogens with one attached hydrogen (secondary N) is 3. The van der Waals surface area contributed by atoms with Gasteiger partial charge in [0.15, 0.2) is 0 Å². The van der Waals surface area contributed by atoms with Crippen LogP contribution in [0, 0.1) is 0 Å². The fourth-order valence-electron chi connectivity index (χ4n) is 3.01. The van der Waals surface area contributed by atoms with E-state index >= 15 is 0 Å². The van der Waals surface area contributed by atoms with Crippen molar-refractivity contribution >= 4 is 22.6 Å². The Kier molecular flexibility index (Phi) is 6.28. The van der Waals surface area contributed by atoms with Crippen molar-refractivity contribution in [3.05, 3.63) is 66.4 Å². The van der Waals surface area contributed by atoms with Gasteiger partial charge in [-0.2, -0.15) is 0 Å². The number of carbonyl (C=O) groups excluding carboxylic acids is 1. The van der Waals surface area contributed by atoms with Crippen LogP contribution in [0.1, 0.15) is 12.0 Å². The molecule has 0 saturated carbocycles. The first-order valence-electron chi connectivity index (χ1n) is 9.06. The highest BCUT2D eigenvalue weighted by Crippen LogP contribution is 2.18. The number of H-pyrrole nitrogens is 1. The highest BCUT2D eigenvalue weighted by Gasteiger charge is 2.05. The Labute approximate surface area is 154 Å². The zero-order chi connectivity index (χ0) is 18.2. The van der Waals surface area contributed by atoms with Crippen molar-refractivity contribution in [2.45, 2.75) is 12.8 Å². The second kappa shape index (κ2) is 9.06. The summed E-state index contributed by atoms with van der Waals surface area (Å²) in [5.41, 5.74) is 3.35. The van der Waals surface area contributed by atoms with E-state index in [9.17, 15) is 4.79 Å². The lowest BCUT2D eigenvalue weighted by Gasteiger charge is -2.16. The number of aromatic nitrogens is 1. The van der Waals surface area contributed by atoms with E-state index < -0.39 is 0 Å². The SMILES string of the molecule is CN(CCCNC(=O)Nc1ccccc1)CCc1c[nH]c2ccccc12. The van der Waals surface area contributed by atoms with Crippen LogP contribution in [0.2, 0.25) is 0 Å². The van der Waals surface area contributed by atoms with Crippen LogP contribution in [0.3, 0.4) is 0 Å². The highest BCUT2D eigenvalue weighted by atomic mass is 16.2. The number of rotatable bonds is 8. The number of nitrogens with zero attached hydrogens (tertiary/aromatic N) is 1. The predicted octanol–water partition coefficient (Wildman–Crippen LogP) is 3.85. The molecule has 0 unspecified atom stereocenters. The minimum absolute atomic E-state index is 0.155. The second-order valence-corrected chi connectivity index (χ2v) is 6.51. The van der Waals surface area contributed by atoms with E-state index in [1.165, 1.54) is 16.5 Å². The van der Waals surface area contributed by atoms with Crippen LogP contribution >= 0.6 is 0 Å². The van der Waals surface area contributed by atoms with Crippen LogP contribution in [-0.4, -0.2) is 42.6 Å². The molecule has 26 heavy (non-hydrogen) atoms. The van der Waals surface area contributed by atoms with Crippen molar-refractivity contribution < 1.29 is 4.79 Å². The van der Waals surface area contributed by atoms with Crippen molar-refractivity contribution in [1.82, 2.24) is 15.2 Å². The van der Waals surface area contributed by atoms with E-state index in [0.29, 0.717) is 6.54 Å². The van der Waals surface area contributed by atoms with E-state index in [1.54, 1.807) is 0 Å². The molecule has 0 radical (unpaired) electrons. The summed E-state index contributed by atoms with van der Waals surface area (Å²) in [5, 5.41) is 7.03. The number of benzene rings is 2. The van der Waals surface area contributed by atoms with Gasteiger partial charge in [0.2, 0.25) is 0 Å². The quantitative estimate of drug-likeness (QED) is 0.540. The third-order valence-electron chi connectivity index (χ3n) is 4.47. The molecule has 0 aliphatic rings. The molecule has 3 rings (SSSR count). The molecule has 0 spiro atoms. The van der Waals surface area contributed by atoms with Gasteiger partial charge in [-0.3, -0.25) is 0 Å². The van der Waals surface area contributed by atoms with Crippen LogP contribution in [0.5, 0.6) is 0 Å². The third-order valence-corrected chi connectivity index (χ3v) is 4.47. The molecule has 3 aromatic rings. The molecule has 136 valence electrons. The smallest absolute Gasteiger partial charge is 0.319 e. The van der Waals surface area contributed by atoms with Gasteiger partial charge < -0.3 is 20.5 Å². The standard InChI is InChI=1S/C21H26N4O/c1-25(15-12-17-16-23-20-11-6-5-10-19(17)20)14-7-13-22-21(26)24-18-8-3-2-4-9-18/h2-6,8-11,16,23H,7,12-15H2,1H3,(H2,22,24,26). The molecular weight excluding hydrogens is 324 g/mol. The van der Waals surface area contributed by atoms with Gasteiger partial charge in [0, 0.05) is 35.9 Å². The Morgan fingerprint density at radius 3 is 2.65 bits per heavy atom. The molecule has 1 aromatic heterocycles. The highest BCUT2D eigenvalue weighted by molar-refractivity contribution is 5.89. The number of likely N-dealkylation sites (N-methyl/N-ethyl adjacent to an activating group) is 1. The van der Waals surface area contributed by atoms with Gasteiger partial charge >= 0.3 is 6.03 Å². The van der Waals surface area contributed by atoms with Gasteiger partial charge in [0.25, 0.3) is 0 Å². The lowest BCUT2D eigenvalue weighted by molar-refractivity contribution is 0.251. The Morgan fingerprint density at radius 2 is 1.81 bits per heavy atom. The minimum atomic E-state index is -0.155. The van der Waals surface area contributed by atoms with Crippen molar-refractivity contribution in [3.8, 4) is 0 Å². The van der Waals surface area contributed by atoms with Crippen LogP contribution in [0.25, 0.3) is 10.9 Å². The van der Waals surface area contributed by atoms with Crippen molar-refractivity contribution in [1.29, 1.82) is 0 Å². The summed E-state index contributed by atoms with van der Waals surface area (Å²) in [5.74, 6) is 0. The number of aromatic amines is 1. The zero-order valence-corrected chi connectivity index (χ0v) is 15.2. The monoisotopic (exact) mass is 350 g/mol. The maximum atomic E-state index is 11.8. The van der Waals surface area contributed by atoms with E-state index in [4.69, 9.17) is 0 Å². The van der Waals surface area contributed by atoms with Crippen molar-refractivity contribution in [3.63, 3.8) is 0 Å². The lowest BCUT2D eigenvalue weighted by Crippen LogP contribution is -2.32. The molecule has 3 N–H and O–H groups in total.